The number of esters is 1. The molecule has 0 heterocycles. The molecule has 0 aliphatic heterocycles. The summed E-state index contributed by atoms with van der Waals surface area (Å²) >= 11 is 0. The molecule has 30 heavy (non-hydrogen) atoms. The van der Waals surface area contributed by atoms with E-state index in [9.17, 15) is 9.59 Å². The van der Waals surface area contributed by atoms with Crippen LogP contribution in [-0.2, 0) is 4.79 Å². The first-order chi connectivity index (χ1) is 14.7. The highest BCUT2D eigenvalue weighted by molar-refractivity contribution is 5.94. The van der Waals surface area contributed by atoms with Gasteiger partial charge in [-0.3, -0.25) is 4.79 Å². The summed E-state index contributed by atoms with van der Waals surface area (Å²) < 4.78 is 16.8. The molecule has 1 N–H and O–H groups in total. The number of ether oxygens (including phenoxy) is 3. The van der Waals surface area contributed by atoms with Crippen molar-refractivity contribution in [1.82, 2.24) is 0 Å². The highest BCUT2D eigenvalue weighted by atomic mass is 16.5. The smallest absolute Gasteiger partial charge is 0.347 e. The number of amides is 1. The number of rotatable bonds is 9. The van der Waals surface area contributed by atoms with Crippen LogP contribution in [-0.4, -0.2) is 25.1 Å². The normalized spacial score (nSPS) is 10.2. The number of anilines is 1. The Morgan fingerprint density at radius 1 is 0.767 bits per heavy atom. The number of nitrogens with one attached hydrogen (secondary N) is 1. The molecule has 0 fully saturated rings. The van der Waals surface area contributed by atoms with E-state index < -0.39 is 5.97 Å². The quantitative estimate of drug-likeness (QED) is 0.317. The van der Waals surface area contributed by atoms with Gasteiger partial charge in [0, 0.05) is 12.1 Å². The van der Waals surface area contributed by atoms with Gasteiger partial charge in [-0.2, -0.15) is 0 Å². The van der Waals surface area contributed by atoms with Crippen molar-refractivity contribution in [3.05, 3.63) is 84.4 Å². The Balaban J connectivity index is 1.56. The van der Waals surface area contributed by atoms with E-state index in [0.29, 0.717) is 35.8 Å². The van der Waals surface area contributed by atoms with Gasteiger partial charge in [0.25, 0.3) is 0 Å². The van der Waals surface area contributed by atoms with Gasteiger partial charge in [-0.15, -0.1) is 0 Å². The SMILES string of the molecule is CCC(=O)Nc1ccc(OC(=O)c2ccccc2OCCOc2ccccc2)cc1. The summed E-state index contributed by atoms with van der Waals surface area (Å²) in [5, 5.41) is 2.74. The molecule has 0 bridgehead atoms. The molecule has 0 aliphatic rings. The van der Waals surface area contributed by atoms with Crippen molar-refractivity contribution in [3.8, 4) is 17.2 Å². The number of hydrogen-bond donors (Lipinski definition) is 1. The van der Waals surface area contributed by atoms with Gasteiger partial charge >= 0.3 is 5.97 Å². The second kappa shape index (κ2) is 10.7. The summed E-state index contributed by atoms with van der Waals surface area (Å²) in [7, 11) is 0. The minimum Gasteiger partial charge on any atom is -0.490 e. The first-order valence-corrected chi connectivity index (χ1v) is 9.67. The molecule has 0 aromatic heterocycles. The summed E-state index contributed by atoms with van der Waals surface area (Å²) in [5.74, 6) is 0.942. The van der Waals surface area contributed by atoms with Crippen molar-refractivity contribution in [2.24, 2.45) is 0 Å². The van der Waals surface area contributed by atoms with Crippen LogP contribution in [0, 0.1) is 0 Å². The third kappa shape index (κ3) is 6.10. The second-order valence-corrected chi connectivity index (χ2v) is 6.32. The van der Waals surface area contributed by atoms with Crippen LogP contribution in [0.2, 0.25) is 0 Å². The third-order valence-corrected chi connectivity index (χ3v) is 4.13. The van der Waals surface area contributed by atoms with Gasteiger partial charge in [0.1, 0.15) is 36.0 Å². The van der Waals surface area contributed by atoms with Crippen LogP contribution in [0.3, 0.4) is 0 Å². The average Bonchev–Trinajstić information content (AvgIpc) is 2.79. The zero-order valence-corrected chi connectivity index (χ0v) is 16.7. The fourth-order valence-electron chi connectivity index (χ4n) is 2.61. The Morgan fingerprint density at radius 3 is 2.17 bits per heavy atom. The number of benzene rings is 3. The summed E-state index contributed by atoms with van der Waals surface area (Å²) in [4.78, 5) is 24.0. The summed E-state index contributed by atoms with van der Waals surface area (Å²) in [6, 6.07) is 22.9. The van der Waals surface area contributed by atoms with Crippen LogP contribution in [0.1, 0.15) is 23.7 Å². The molecule has 0 aliphatic carbocycles. The van der Waals surface area contributed by atoms with Gasteiger partial charge in [-0.1, -0.05) is 37.3 Å². The largest absolute Gasteiger partial charge is 0.490 e. The summed E-state index contributed by atoms with van der Waals surface area (Å²) in [6.07, 6.45) is 0.393. The summed E-state index contributed by atoms with van der Waals surface area (Å²) in [6.45, 7) is 2.40. The Hall–Kier alpha value is -3.80. The van der Waals surface area contributed by atoms with Crippen LogP contribution in [0.5, 0.6) is 17.2 Å². The lowest BCUT2D eigenvalue weighted by molar-refractivity contribution is -0.115. The Labute approximate surface area is 175 Å². The van der Waals surface area contributed by atoms with Gasteiger partial charge in [-0.25, -0.2) is 4.79 Å². The first kappa shape index (κ1) is 20.9. The molecule has 3 aromatic carbocycles. The molecule has 0 saturated heterocycles. The van der Waals surface area contributed by atoms with Crippen molar-refractivity contribution in [3.63, 3.8) is 0 Å². The number of carbonyl (C=O) groups excluding carboxylic acids is 2. The molecule has 6 heteroatoms. The molecule has 1 amide bonds. The van der Waals surface area contributed by atoms with Crippen molar-refractivity contribution >= 4 is 17.6 Å². The van der Waals surface area contributed by atoms with Crippen molar-refractivity contribution in [2.75, 3.05) is 18.5 Å². The van der Waals surface area contributed by atoms with E-state index in [1.807, 2.05) is 30.3 Å². The number of para-hydroxylation sites is 2. The van der Waals surface area contributed by atoms with Crippen LogP contribution in [0.15, 0.2) is 78.9 Å². The van der Waals surface area contributed by atoms with E-state index in [4.69, 9.17) is 14.2 Å². The molecule has 6 nitrogen and oxygen atoms in total. The lowest BCUT2D eigenvalue weighted by Gasteiger charge is -2.12. The minimum absolute atomic E-state index is 0.0814. The Morgan fingerprint density at radius 2 is 1.43 bits per heavy atom. The predicted molar refractivity (Wildman–Crippen MR) is 114 cm³/mol. The van der Waals surface area contributed by atoms with E-state index in [-0.39, 0.29) is 12.5 Å². The monoisotopic (exact) mass is 405 g/mol. The predicted octanol–water partition coefficient (Wildman–Crippen LogP) is 4.71. The highest BCUT2D eigenvalue weighted by Crippen LogP contribution is 2.22. The molecule has 3 rings (SSSR count). The molecular formula is C24H23NO5. The zero-order valence-electron chi connectivity index (χ0n) is 16.7. The molecule has 0 saturated carbocycles. The lowest BCUT2D eigenvalue weighted by Crippen LogP contribution is -2.14. The lowest BCUT2D eigenvalue weighted by atomic mass is 10.2. The maximum atomic E-state index is 12.6. The van der Waals surface area contributed by atoms with Gasteiger partial charge in [0.05, 0.1) is 0 Å². The topological polar surface area (TPSA) is 73.9 Å². The molecule has 0 radical (unpaired) electrons. The summed E-state index contributed by atoms with van der Waals surface area (Å²) in [5.41, 5.74) is 0.962. The van der Waals surface area contributed by atoms with Gasteiger partial charge < -0.3 is 19.5 Å². The Kier molecular flexibility index (Phi) is 7.44. The number of carbonyl (C=O) groups is 2. The van der Waals surface area contributed by atoms with Crippen LogP contribution >= 0.6 is 0 Å². The van der Waals surface area contributed by atoms with Crippen molar-refractivity contribution in [1.29, 1.82) is 0 Å². The van der Waals surface area contributed by atoms with E-state index in [1.165, 1.54) is 0 Å². The number of hydrogen-bond acceptors (Lipinski definition) is 5. The van der Waals surface area contributed by atoms with E-state index in [1.54, 1.807) is 55.5 Å². The second-order valence-electron chi connectivity index (χ2n) is 6.32. The van der Waals surface area contributed by atoms with Crippen LogP contribution in [0.4, 0.5) is 5.69 Å². The van der Waals surface area contributed by atoms with Crippen LogP contribution < -0.4 is 19.5 Å². The fourth-order valence-corrected chi connectivity index (χ4v) is 2.61. The molecule has 154 valence electrons. The fraction of sp³-hybridized carbons (Fsp3) is 0.167. The molecule has 0 atom stereocenters. The van der Waals surface area contributed by atoms with Crippen molar-refractivity contribution < 1.29 is 23.8 Å². The first-order valence-electron chi connectivity index (χ1n) is 9.67. The molecular weight excluding hydrogens is 382 g/mol. The highest BCUT2D eigenvalue weighted by Gasteiger charge is 2.15. The standard InChI is InChI=1S/C24H23NO5/c1-2-23(26)25-18-12-14-20(15-13-18)30-24(27)21-10-6-7-11-22(21)29-17-16-28-19-8-4-3-5-9-19/h3-15H,2,16-17H2,1H3,(H,25,26). The molecule has 3 aromatic rings. The maximum absolute atomic E-state index is 12.6. The van der Waals surface area contributed by atoms with E-state index >= 15 is 0 Å². The van der Waals surface area contributed by atoms with Gasteiger partial charge in [0.2, 0.25) is 5.91 Å². The van der Waals surface area contributed by atoms with Crippen LogP contribution in [0.25, 0.3) is 0 Å². The van der Waals surface area contributed by atoms with Gasteiger partial charge in [-0.05, 0) is 48.5 Å². The zero-order chi connectivity index (χ0) is 21.2. The Bertz CT molecular complexity index is 970. The van der Waals surface area contributed by atoms with E-state index in [2.05, 4.69) is 5.32 Å². The average molecular weight is 405 g/mol. The minimum atomic E-state index is -0.528. The molecule has 0 unspecified atom stereocenters. The molecule has 0 spiro atoms. The third-order valence-electron chi connectivity index (χ3n) is 4.13. The van der Waals surface area contributed by atoms with E-state index in [0.717, 1.165) is 5.75 Å². The van der Waals surface area contributed by atoms with Crippen molar-refractivity contribution in [2.45, 2.75) is 13.3 Å². The maximum Gasteiger partial charge on any atom is 0.347 e. The van der Waals surface area contributed by atoms with Gasteiger partial charge in [0.15, 0.2) is 0 Å².